The molecule has 0 bridgehead atoms. The molecule has 2 N–H and O–H groups in total. The van der Waals surface area contributed by atoms with Gasteiger partial charge in [0.2, 0.25) is 0 Å². The number of benzene rings is 1. The third kappa shape index (κ3) is 6.17. The van der Waals surface area contributed by atoms with Crippen LogP contribution in [0.3, 0.4) is 0 Å². The lowest BCUT2D eigenvalue weighted by atomic mass is 10.00. The zero-order valence-electron chi connectivity index (χ0n) is 12.7. The van der Waals surface area contributed by atoms with Crippen LogP contribution in [0.5, 0.6) is 0 Å². The maximum Gasteiger partial charge on any atom is 0.310 e. The van der Waals surface area contributed by atoms with E-state index in [2.05, 4.69) is 24.3 Å². The Morgan fingerprint density at radius 1 is 1.25 bits per heavy atom. The number of aliphatic carboxylic acids is 1. The number of carboxylic acid groups (broad SMARTS) is 1. The van der Waals surface area contributed by atoms with Crippen LogP contribution >= 0.6 is 0 Å². The average Bonchev–Trinajstić information content (AvgIpc) is 2.42. The molecule has 1 unspecified atom stereocenters. The number of carbonyl (C=O) groups is 1. The van der Waals surface area contributed by atoms with Gasteiger partial charge < -0.3 is 15.3 Å². The van der Waals surface area contributed by atoms with Crippen LogP contribution in [0.2, 0.25) is 0 Å². The van der Waals surface area contributed by atoms with Crippen LogP contribution in [0.1, 0.15) is 36.8 Å². The molecular weight excluding hydrogens is 252 g/mol. The lowest BCUT2D eigenvalue weighted by Crippen LogP contribution is -2.18. The quantitative estimate of drug-likeness (QED) is 0.681. The van der Waals surface area contributed by atoms with E-state index in [4.69, 9.17) is 5.11 Å². The Morgan fingerprint density at radius 2 is 1.90 bits per heavy atom. The largest absolute Gasteiger partial charge is 0.481 e. The molecule has 0 saturated carbocycles. The second kappa shape index (κ2) is 8.72. The topological polar surface area (TPSA) is 52.6 Å². The monoisotopic (exact) mass is 278 g/mol. The highest BCUT2D eigenvalue weighted by atomic mass is 16.4. The molecule has 4 nitrogen and oxygen atoms in total. The molecule has 0 saturated heterocycles. The Balaban J connectivity index is 2.26. The summed E-state index contributed by atoms with van der Waals surface area (Å²) in [4.78, 5) is 13.1. The Bertz CT molecular complexity index is 401. The summed E-state index contributed by atoms with van der Waals surface area (Å²) in [5.74, 6) is -1.22. The summed E-state index contributed by atoms with van der Waals surface area (Å²) in [6.45, 7) is 4.69. The molecule has 0 aliphatic carbocycles. The summed E-state index contributed by atoms with van der Waals surface area (Å²) in [6.07, 6.45) is 2.38. The molecule has 0 aromatic heterocycles. The van der Waals surface area contributed by atoms with Crippen molar-refractivity contribution in [2.45, 2.75) is 32.2 Å². The standard InChI is InChI=1S/C16H26N2O2/c1-13(16(19)20)15-8-6-14(7-9-15)12-17-10-4-5-11-18(2)3/h6-9,13,17H,4-5,10-12H2,1-3H3,(H,19,20). The van der Waals surface area contributed by atoms with E-state index in [1.165, 1.54) is 18.4 Å². The molecule has 1 rings (SSSR count). The van der Waals surface area contributed by atoms with E-state index in [-0.39, 0.29) is 0 Å². The van der Waals surface area contributed by atoms with Crippen molar-refractivity contribution < 1.29 is 9.90 Å². The maximum absolute atomic E-state index is 10.9. The minimum absolute atomic E-state index is 0.442. The van der Waals surface area contributed by atoms with Gasteiger partial charge in [0.1, 0.15) is 0 Å². The number of nitrogens with one attached hydrogen (secondary N) is 1. The second-order valence-corrected chi connectivity index (χ2v) is 5.49. The molecule has 0 aliphatic heterocycles. The maximum atomic E-state index is 10.9. The predicted molar refractivity (Wildman–Crippen MR) is 82.0 cm³/mol. The average molecular weight is 278 g/mol. The lowest BCUT2D eigenvalue weighted by molar-refractivity contribution is -0.138. The Labute approximate surface area is 121 Å². The lowest BCUT2D eigenvalue weighted by Gasteiger charge is -2.10. The Morgan fingerprint density at radius 3 is 2.45 bits per heavy atom. The highest BCUT2D eigenvalue weighted by Crippen LogP contribution is 2.15. The number of carboxylic acids is 1. The van der Waals surface area contributed by atoms with Crippen molar-refractivity contribution >= 4 is 5.97 Å². The van der Waals surface area contributed by atoms with Crippen LogP contribution in [-0.2, 0) is 11.3 Å². The third-order valence-electron chi connectivity index (χ3n) is 3.39. The van der Waals surface area contributed by atoms with Gasteiger partial charge >= 0.3 is 5.97 Å². The molecule has 0 aliphatic rings. The summed E-state index contributed by atoms with van der Waals surface area (Å²) >= 11 is 0. The second-order valence-electron chi connectivity index (χ2n) is 5.49. The number of hydrogen-bond acceptors (Lipinski definition) is 3. The summed E-state index contributed by atoms with van der Waals surface area (Å²) < 4.78 is 0. The van der Waals surface area contributed by atoms with E-state index in [1.807, 2.05) is 24.3 Å². The van der Waals surface area contributed by atoms with Gasteiger partial charge in [-0.1, -0.05) is 24.3 Å². The summed E-state index contributed by atoms with van der Waals surface area (Å²) in [5, 5.41) is 12.4. The van der Waals surface area contributed by atoms with Gasteiger partial charge in [0.15, 0.2) is 0 Å². The number of rotatable bonds is 9. The third-order valence-corrected chi connectivity index (χ3v) is 3.39. The molecule has 0 heterocycles. The van der Waals surface area contributed by atoms with E-state index in [0.717, 1.165) is 25.2 Å². The minimum Gasteiger partial charge on any atom is -0.481 e. The van der Waals surface area contributed by atoms with Gasteiger partial charge in [0.25, 0.3) is 0 Å². The van der Waals surface area contributed by atoms with Crippen molar-refractivity contribution in [3.63, 3.8) is 0 Å². The van der Waals surface area contributed by atoms with Gasteiger partial charge in [-0.3, -0.25) is 4.79 Å². The normalized spacial score (nSPS) is 12.6. The highest BCUT2D eigenvalue weighted by molar-refractivity contribution is 5.75. The molecule has 0 spiro atoms. The molecule has 1 aromatic carbocycles. The SMILES string of the molecule is CC(C(=O)O)c1ccc(CNCCCCN(C)C)cc1. The Kier molecular flexibility index (Phi) is 7.26. The zero-order chi connectivity index (χ0) is 15.0. The van der Waals surface area contributed by atoms with Gasteiger partial charge in [0, 0.05) is 6.54 Å². The minimum atomic E-state index is -0.781. The van der Waals surface area contributed by atoms with Crippen LogP contribution in [0.4, 0.5) is 0 Å². The summed E-state index contributed by atoms with van der Waals surface area (Å²) in [5.41, 5.74) is 2.05. The van der Waals surface area contributed by atoms with Crippen LogP contribution < -0.4 is 5.32 Å². The fourth-order valence-corrected chi connectivity index (χ4v) is 1.98. The number of unbranched alkanes of at least 4 members (excludes halogenated alkanes) is 1. The first kappa shape index (κ1) is 16.7. The first-order valence-corrected chi connectivity index (χ1v) is 7.18. The van der Waals surface area contributed by atoms with Gasteiger partial charge in [-0.15, -0.1) is 0 Å². The van der Waals surface area contributed by atoms with Crippen molar-refractivity contribution in [3.05, 3.63) is 35.4 Å². The van der Waals surface area contributed by atoms with Crippen molar-refractivity contribution in [1.82, 2.24) is 10.2 Å². The molecule has 20 heavy (non-hydrogen) atoms. The van der Waals surface area contributed by atoms with Gasteiger partial charge in [-0.2, -0.15) is 0 Å². The smallest absolute Gasteiger partial charge is 0.310 e. The Hall–Kier alpha value is -1.39. The molecule has 1 atom stereocenters. The molecule has 0 radical (unpaired) electrons. The number of nitrogens with zero attached hydrogens (tertiary/aromatic N) is 1. The zero-order valence-corrected chi connectivity index (χ0v) is 12.7. The first-order chi connectivity index (χ1) is 9.50. The number of hydrogen-bond donors (Lipinski definition) is 2. The van der Waals surface area contributed by atoms with Gasteiger partial charge in [-0.05, 0) is 58.1 Å². The van der Waals surface area contributed by atoms with Crippen LogP contribution in [0, 0.1) is 0 Å². The van der Waals surface area contributed by atoms with E-state index >= 15 is 0 Å². The van der Waals surface area contributed by atoms with Gasteiger partial charge in [-0.25, -0.2) is 0 Å². The van der Waals surface area contributed by atoms with E-state index in [9.17, 15) is 4.79 Å². The van der Waals surface area contributed by atoms with Crippen LogP contribution in [0.15, 0.2) is 24.3 Å². The molecule has 0 fully saturated rings. The van der Waals surface area contributed by atoms with Crippen molar-refractivity contribution in [2.75, 3.05) is 27.2 Å². The molecular formula is C16H26N2O2. The molecule has 112 valence electrons. The summed E-state index contributed by atoms with van der Waals surface area (Å²) in [7, 11) is 4.18. The van der Waals surface area contributed by atoms with Crippen molar-refractivity contribution in [2.24, 2.45) is 0 Å². The fraction of sp³-hybridized carbons (Fsp3) is 0.562. The molecule has 1 aromatic rings. The van der Waals surface area contributed by atoms with E-state index in [1.54, 1.807) is 6.92 Å². The fourth-order valence-electron chi connectivity index (χ4n) is 1.98. The van der Waals surface area contributed by atoms with E-state index < -0.39 is 11.9 Å². The van der Waals surface area contributed by atoms with Crippen molar-refractivity contribution in [3.8, 4) is 0 Å². The predicted octanol–water partition coefficient (Wildman–Crippen LogP) is 2.31. The summed E-state index contributed by atoms with van der Waals surface area (Å²) in [6, 6.07) is 7.81. The molecule has 0 amide bonds. The van der Waals surface area contributed by atoms with Crippen molar-refractivity contribution in [1.29, 1.82) is 0 Å². The molecule has 4 heteroatoms. The first-order valence-electron chi connectivity index (χ1n) is 7.18. The van der Waals surface area contributed by atoms with Crippen LogP contribution in [0.25, 0.3) is 0 Å². The highest BCUT2D eigenvalue weighted by Gasteiger charge is 2.12. The van der Waals surface area contributed by atoms with Crippen LogP contribution in [-0.4, -0.2) is 43.2 Å². The van der Waals surface area contributed by atoms with Gasteiger partial charge in [0.05, 0.1) is 5.92 Å². The van der Waals surface area contributed by atoms with E-state index in [0.29, 0.717) is 0 Å².